The summed E-state index contributed by atoms with van der Waals surface area (Å²) in [6.45, 7) is 2.18. The molecule has 0 saturated carbocycles. The third-order valence-electron chi connectivity index (χ3n) is 4.56. The number of nitrogens with zero attached hydrogens (tertiary/aromatic N) is 5. The number of aromatic nitrogens is 3. The maximum Gasteiger partial charge on any atom is 0.416 e. The highest BCUT2D eigenvalue weighted by Crippen LogP contribution is 2.33. The van der Waals surface area contributed by atoms with Gasteiger partial charge < -0.3 is 9.80 Å². The Hall–Kier alpha value is -3.01. The van der Waals surface area contributed by atoms with E-state index in [1.807, 2.05) is 4.90 Å². The summed E-state index contributed by atoms with van der Waals surface area (Å²) in [5.41, 5.74) is -0.154. The Morgan fingerprint density at radius 3 is 2.45 bits per heavy atom. The molecule has 0 aliphatic carbocycles. The molecule has 1 saturated heterocycles. The first-order valence-corrected chi connectivity index (χ1v) is 9.74. The van der Waals surface area contributed by atoms with E-state index in [4.69, 9.17) is 0 Å². The molecule has 2 aromatic heterocycles. The molecule has 0 unspecified atom stereocenters. The van der Waals surface area contributed by atoms with Crippen LogP contribution in [0.4, 0.5) is 19.1 Å². The van der Waals surface area contributed by atoms with Gasteiger partial charge in [0.1, 0.15) is 10.7 Å². The van der Waals surface area contributed by atoms with Crippen molar-refractivity contribution in [3.05, 3.63) is 59.4 Å². The third kappa shape index (κ3) is 4.21. The van der Waals surface area contributed by atoms with Gasteiger partial charge in [-0.25, -0.2) is 15.0 Å². The number of thiazole rings is 1. The summed E-state index contributed by atoms with van der Waals surface area (Å²) in [6.07, 6.45) is -1.08. The second-order valence-electron chi connectivity index (χ2n) is 6.44. The second-order valence-corrected chi connectivity index (χ2v) is 7.30. The largest absolute Gasteiger partial charge is 0.416 e. The van der Waals surface area contributed by atoms with Gasteiger partial charge >= 0.3 is 6.18 Å². The van der Waals surface area contributed by atoms with Crippen LogP contribution in [0.1, 0.15) is 16.1 Å². The van der Waals surface area contributed by atoms with Gasteiger partial charge in [-0.15, -0.1) is 11.3 Å². The van der Waals surface area contributed by atoms with E-state index in [1.165, 1.54) is 6.07 Å². The number of carbonyl (C=O) groups excluding carboxylic acids is 1. The minimum Gasteiger partial charge on any atom is -0.337 e. The Balaban J connectivity index is 1.44. The average Bonchev–Trinajstić information content (AvgIpc) is 3.24. The SMILES string of the molecule is O=C(c1csc(-c2cccc(C(F)(F)F)c2)n1)N1CCN(c2ncccn2)CC1. The van der Waals surface area contributed by atoms with Crippen molar-refractivity contribution in [3.8, 4) is 10.6 Å². The number of benzene rings is 1. The van der Waals surface area contributed by atoms with Crippen LogP contribution < -0.4 is 4.90 Å². The lowest BCUT2D eigenvalue weighted by Crippen LogP contribution is -2.49. The lowest BCUT2D eigenvalue weighted by molar-refractivity contribution is -0.137. The zero-order chi connectivity index (χ0) is 20.4. The monoisotopic (exact) mass is 419 g/mol. The Kier molecular flexibility index (Phi) is 5.18. The minimum atomic E-state index is -4.42. The molecule has 1 aliphatic heterocycles. The van der Waals surface area contributed by atoms with Gasteiger partial charge in [-0.3, -0.25) is 4.79 Å². The second kappa shape index (κ2) is 7.78. The Morgan fingerprint density at radius 2 is 1.76 bits per heavy atom. The number of rotatable bonds is 3. The Bertz CT molecular complexity index is 1000. The van der Waals surface area contributed by atoms with Gasteiger partial charge in [-0.05, 0) is 18.2 Å². The van der Waals surface area contributed by atoms with E-state index in [0.29, 0.717) is 42.7 Å². The highest BCUT2D eigenvalue weighted by atomic mass is 32.1. The van der Waals surface area contributed by atoms with Crippen molar-refractivity contribution >= 4 is 23.2 Å². The van der Waals surface area contributed by atoms with Crippen molar-refractivity contribution < 1.29 is 18.0 Å². The predicted molar refractivity (Wildman–Crippen MR) is 103 cm³/mol. The number of alkyl halides is 3. The molecule has 29 heavy (non-hydrogen) atoms. The Morgan fingerprint density at radius 1 is 1.03 bits per heavy atom. The van der Waals surface area contributed by atoms with Crippen molar-refractivity contribution in [2.75, 3.05) is 31.1 Å². The zero-order valence-electron chi connectivity index (χ0n) is 15.1. The van der Waals surface area contributed by atoms with Crippen LogP contribution >= 0.6 is 11.3 Å². The van der Waals surface area contributed by atoms with Gasteiger partial charge in [0.25, 0.3) is 5.91 Å². The number of anilines is 1. The van der Waals surface area contributed by atoms with Crippen molar-refractivity contribution in [3.63, 3.8) is 0 Å². The number of halogens is 3. The fraction of sp³-hybridized carbons (Fsp3) is 0.263. The molecule has 0 bridgehead atoms. The average molecular weight is 419 g/mol. The number of hydrogen-bond acceptors (Lipinski definition) is 6. The molecule has 0 N–H and O–H groups in total. The van der Waals surface area contributed by atoms with E-state index in [9.17, 15) is 18.0 Å². The predicted octanol–water partition coefficient (Wildman–Crippen LogP) is 3.58. The highest BCUT2D eigenvalue weighted by Gasteiger charge is 2.31. The van der Waals surface area contributed by atoms with E-state index >= 15 is 0 Å². The van der Waals surface area contributed by atoms with Crippen molar-refractivity contribution in [2.45, 2.75) is 6.18 Å². The van der Waals surface area contributed by atoms with Crippen molar-refractivity contribution in [1.82, 2.24) is 19.9 Å². The standard InChI is InChI=1S/C19H16F3N5OS/c20-19(21,22)14-4-1-3-13(11-14)16-25-15(12-29-16)17(28)26-7-9-27(10-8-26)18-23-5-2-6-24-18/h1-6,11-12H,7-10H2. The summed E-state index contributed by atoms with van der Waals surface area (Å²) in [7, 11) is 0. The van der Waals surface area contributed by atoms with Crippen LogP contribution in [0.2, 0.25) is 0 Å². The molecule has 0 spiro atoms. The number of piperazine rings is 1. The molecule has 4 rings (SSSR count). The van der Waals surface area contributed by atoms with Gasteiger partial charge in [-0.2, -0.15) is 13.2 Å². The minimum absolute atomic E-state index is 0.229. The number of carbonyl (C=O) groups is 1. The van der Waals surface area contributed by atoms with Crippen molar-refractivity contribution in [2.24, 2.45) is 0 Å². The molecular formula is C19H16F3N5OS. The smallest absolute Gasteiger partial charge is 0.337 e. The summed E-state index contributed by atoms with van der Waals surface area (Å²) < 4.78 is 38.8. The first-order valence-electron chi connectivity index (χ1n) is 8.86. The van der Waals surface area contributed by atoms with E-state index in [-0.39, 0.29) is 11.6 Å². The van der Waals surface area contributed by atoms with E-state index in [0.717, 1.165) is 23.5 Å². The number of hydrogen-bond donors (Lipinski definition) is 0. The van der Waals surface area contributed by atoms with E-state index in [2.05, 4.69) is 15.0 Å². The van der Waals surface area contributed by atoms with Gasteiger partial charge in [0, 0.05) is 49.5 Å². The molecule has 1 aliphatic rings. The first kappa shape index (κ1) is 19.3. The summed E-state index contributed by atoms with van der Waals surface area (Å²) in [5, 5.41) is 1.97. The van der Waals surface area contributed by atoms with Crippen LogP contribution in [0.15, 0.2) is 48.1 Å². The fourth-order valence-electron chi connectivity index (χ4n) is 3.06. The quantitative estimate of drug-likeness (QED) is 0.650. The lowest BCUT2D eigenvalue weighted by Gasteiger charge is -2.34. The van der Waals surface area contributed by atoms with Crippen LogP contribution in [0.25, 0.3) is 10.6 Å². The lowest BCUT2D eigenvalue weighted by atomic mass is 10.1. The summed E-state index contributed by atoms with van der Waals surface area (Å²) in [5.74, 6) is 0.396. The van der Waals surface area contributed by atoms with Crippen LogP contribution in [0, 0.1) is 0 Å². The van der Waals surface area contributed by atoms with Gasteiger partial charge in [0.2, 0.25) is 5.95 Å². The summed E-state index contributed by atoms with van der Waals surface area (Å²) in [4.78, 5) is 29.1. The van der Waals surface area contributed by atoms with Crippen molar-refractivity contribution in [1.29, 1.82) is 0 Å². The third-order valence-corrected chi connectivity index (χ3v) is 5.45. The van der Waals surface area contributed by atoms with Crippen LogP contribution in [-0.2, 0) is 6.18 Å². The molecule has 0 radical (unpaired) electrons. The van der Waals surface area contributed by atoms with Crippen LogP contribution in [-0.4, -0.2) is 51.9 Å². The van der Waals surface area contributed by atoms with Gasteiger partial charge in [0.15, 0.2) is 0 Å². The molecule has 1 fully saturated rings. The van der Waals surface area contributed by atoms with Gasteiger partial charge in [0.05, 0.1) is 5.56 Å². The fourth-order valence-corrected chi connectivity index (χ4v) is 3.85. The maximum absolute atomic E-state index is 12.9. The number of amides is 1. The van der Waals surface area contributed by atoms with Crippen LogP contribution in [0.5, 0.6) is 0 Å². The molecular weight excluding hydrogens is 403 g/mol. The highest BCUT2D eigenvalue weighted by molar-refractivity contribution is 7.13. The zero-order valence-corrected chi connectivity index (χ0v) is 16.0. The molecule has 0 atom stereocenters. The molecule has 10 heteroatoms. The Labute approximate surface area is 168 Å². The molecule has 1 amide bonds. The molecule has 6 nitrogen and oxygen atoms in total. The summed E-state index contributed by atoms with van der Waals surface area (Å²) in [6, 6.07) is 6.70. The molecule has 3 heterocycles. The molecule has 1 aromatic carbocycles. The van der Waals surface area contributed by atoms with Gasteiger partial charge in [-0.1, -0.05) is 12.1 Å². The normalized spacial score (nSPS) is 14.9. The van der Waals surface area contributed by atoms with Crippen LogP contribution in [0.3, 0.4) is 0 Å². The summed E-state index contributed by atoms with van der Waals surface area (Å²) >= 11 is 1.16. The van der Waals surface area contributed by atoms with E-state index < -0.39 is 11.7 Å². The molecule has 3 aromatic rings. The first-order chi connectivity index (χ1) is 13.9. The van der Waals surface area contributed by atoms with E-state index in [1.54, 1.807) is 34.8 Å². The molecule has 150 valence electrons. The topological polar surface area (TPSA) is 62.2 Å². The maximum atomic E-state index is 12.9.